The van der Waals surface area contributed by atoms with E-state index >= 15 is 0 Å². The Kier molecular flexibility index (Phi) is 5.63. The van der Waals surface area contributed by atoms with Gasteiger partial charge in [0.1, 0.15) is 12.2 Å². The van der Waals surface area contributed by atoms with Crippen LogP contribution in [0.2, 0.25) is 0 Å². The van der Waals surface area contributed by atoms with Gasteiger partial charge in [-0.1, -0.05) is 38.5 Å². The molecule has 0 aliphatic heterocycles. The summed E-state index contributed by atoms with van der Waals surface area (Å²) < 4.78 is 12.0. The molecule has 4 rings (SSSR count). The zero-order valence-corrected chi connectivity index (χ0v) is 19.4. The second kappa shape index (κ2) is 7.51. The molecule has 4 aliphatic rings. The molecular formula is C25H34O5. The van der Waals surface area contributed by atoms with Gasteiger partial charge in [0.2, 0.25) is 0 Å². The van der Waals surface area contributed by atoms with E-state index in [1.54, 1.807) is 45.9 Å². The fourth-order valence-electron chi connectivity index (χ4n) is 5.98. The van der Waals surface area contributed by atoms with Gasteiger partial charge in [-0.05, 0) is 52.5 Å². The van der Waals surface area contributed by atoms with Gasteiger partial charge in [-0.15, -0.1) is 0 Å². The number of carbonyl (C=O) groups is 3. The molecule has 0 amide bonds. The monoisotopic (exact) mass is 414 g/mol. The number of fused-ring (bicyclic) bond motifs is 3. The van der Waals surface area contributed by atoms with Crippen molar-refractivity contribution in [1.29, 1.82) is 0 Å². The molecule has 0 N–H and O–H groups in total. The molecule has 30 heavy (non-hydrogen) atoms. The van der Waals surface area contributed by atoms with E-state index in [4.69, 9.17) is 9.47 Å². The Bertz CT molecular complexity index is 874. The van der Waals surface area contributed by atoms with E-state index in [0.717, 1.165) is 5.57 Å². The third-order valence-corrected chi connectivity index (χ3v) is 8.04. The van der Waals surface area contributed by atoms with Crippen molar-refractivity contribution in [2.24, 2.45) is 28.6 Å². The number of carbonyl (C=O) groups excluding carboxylic acids is 3. The van der Waals surface area contributed by atoms with Crippen LogP contribution >= 0.6 is 0 Å². The number of esters is 2. The van der Waals surface area contributed by atoms with Crippen molar-refractivity contribution in [2.75, 3.05) is 0 Å². The lowest BCUT2D eigenvalue weighted by atomic mass is 9.37. The summed E-state index contributed by atoms with van der Waals surface area (Å²) in [5.74, 6) is -0.722. The lowest BCUT2D eigenvalue weighted by Crippen LogP contribution is -2.67. The van der Waals surface area contributed by atoms with Crippen LogP contribution in [-0.4, -0.2) is 29.9 Å². The summed E-state index contributed by atoms with van der Waals surface area (Å²) in [6, 6.07) is 0. The number of ketones is 1. The van der Waals surface area contributed by atoms with Crippen LogP contribution < -0.4 is 0 Å². The van der Waals surface area contributed by atoms with Crippen LogP contribution in [0.5, 0.6) is 0 Å². The smallest absolute Gasteiger partial charge is 0.333 e. The second-order valence-corrected chi connectivity index (χ2v) is 9.93. The predicted octanol–water partition coefficient (Wildman–Crippen LogP) is 4.57. The third-order valence-electron chi connectivity index (χ3n) is 8.04. The molecule has 3 saturated carbocycles. The molecule has 0 spiro atoms. The number of ether oxygens (including phenoxy) is 2. The third kappa shape index (κ3) is 3.09. The number of hydrogen-bond donors (Lipinski definition) is 0. The van der Waals surface area contributed by atoms with Crippen LogP contribution in [0.25, 0.3) is 0 Å². The summed E-state index contributed by atoms with van der Waals surface area (Å²) in [7, 11) is 0. The summed E-state index contributed by atoms with van der Waals surface area (Å²) in [6.07, 6.45) is 4.62. The molecule has 0 aromatic carbocycles. The van der Waals surface area contributed by atoms with E-state index in [-0.39, 0.29) is 35.5 Å². The van der Waals surface area contributed by atoms with Crippen LogP contribution in [-0.2, 0) is 23.9 Å². The average Bonchev–Trinajstić information content (AvgIpc) is 2.78. The highest BCUT2D eigenvalue weighted by atomic mass is 16.6. The Morgan fingerprint density at radius 2 is 1.47 bits per heavy atom. The number of hydrogen-bond acceptors (Lipinski definition) is 5. The van der Waals surface area contributed by atoms with Gasteiger partial charge in [0.05, 0.1) is 0 Å². The Hall–Kier alpha value is -2.17. The van der Waals surface area contributed by atoms with E-state index in [9.17, 15) is 14.4 Å². The Morgan fingerprint density at radius 1 is 0.967 bits per heavy atom. The average molecular weight is 415 g/mol. The first-order valence-electron chi connectivity index (χ1n) is 10.8. The standard InChI is InChI=1S/C25H34O5/c1-9-13(3)22(27)29-17-12-18(30-23(28)14(4)10-2)25(8)19-15(5)11-16(26)20(25)21(19)24(17,6)7/h9-11,17-21H,12H2,1-8H3/t17-,18-,19-,20+,21-,25+/m0/s1. The highest BCUT2D eigenvalue weighted by molar-refractivity contribution is 5.97. The molecule has 0 saturated heterocycles. The molecule has 0 aromatic heterocycles. The molecule has 164 valence electrons. The van der Waals surface area contributed by atoms with Crippen molar-refractivity contribution < 1.29 is 23.9 Å². The van der Waals surface area contributed by atoms with Crippen molar-refractivity contribution in [3.8, 4) is 0 Å². The highest BCUT2D eigenvalue weighted by Gasteiger charge is 2.74. The minimum absolute atomic E-state index is 0.0511. The Morgan fingerprint density at radius 3 is 1.93 bits per heavy atom. The maximum Gasteiger partial charge on any atom is 0.333 e. The molecular weight excluding hydrogens is 380 g/mol. The number of allylic oxidation sites excluding steroid dienone is 4. The van der Waals surface area contributed by atoms with Crippen LogP contribution in [0.3, 0.4) is 0 Å². The van der Waals surface area contributed by atoms with Crippen molar-refractivity contribution in [3.05, 3.63) is 34.9 Å². The minimum Gasteiger partial charge on any atom is -0.458 e. The SMILES string of the molecule is CC=C(C)C(=O)O[C@H]1C[C@H](OC(=O)C(C)=CC)[C@@]2(C)[C@@H]3C(=O)C=C(C)[C@H]2[C@@H]3C1(C)C. The fourth-order valence-corrected chi connectivity index (χ4v) is 5.98. The quantitative estimate of drug-likeness (QED) is 0.498. The van der Waals surface area contributed by atoms with Gasteiger partial charge in [0, 0.05) is 34.3 Å². The van der Waals surface area contributed by atoms with Crippen LogP contribution in [0, 0.1) is 28.6 Å². The minimum atomic E-state index is -0.510. The molecule has 5 nitrogen and oxygen atoms in total. The van der Waals surface area contributed by atoms with Crippen molar-refractivity contribution in [3.63, 3.8) is 0 Å². The van der Waals surface area contributed by atoms with Gasteiger partial charge >= 0.3 is 11.9 Å². The molecule has 4 aliphatic carbocycles. The van der Waals surface area contributed by atoms with Crippen LogP contribution in [0.1, 0.15) is 61.8 Å². The first-order valence-corrected chi connectivity index (χ1v) is 10.8. The molecule has 4 bridgehead atoms. The van der Waals surface area contributed by atoms with E-state index < -0.39 is 23.0 Å². The van der Waals surface area contributed by atoms with E-state index in [1.165, 1.54) is 0 Å². The fraction of sp³-hybridized carbons (Fsp3) is 0.640. The molecule has 0 unspecified atom stereocenters. The van der Waals surface area contributed by atoms with E-state index in [1.807, 2.05) is 6.92 Å². The Balaban J connectivity index is 2.06. The van der Waals surface area contributed by atoms with Gasteiger partial charge in [-0.25, -0.2) is 9.59 Å². The van der Waals surface area contributed by atoms with E-state index in [0.29, 0.717) is 17.6 Å². The van der Waals surface area contributed by atoms with Gasteiger partial charge in [0.15, 0.2) is 5.78 Å². The van der Waals surface area contributed by atoms with Gasteiger partial charge < -0.3 is 9.47 Å². The van der Waals surface area contributed by atoms with Crippen LogP contribution in [0.15, 0.2) is 34.9 Å². The summed E-state index contributed by atoms with van der Waals surface area (Å²) >= 11 is 0. The number of rotatable bonds is 4. The second-order valence-electron chi connectivity index (χ2n) is 9.93. The summed E-state index contributed by atoms with van der Waals surface area (Å²) in [5, 5.41) is 0. The summed E-state index contributed by atoms with van der Waals surface area (Å²) in [6.45, 7) is 15.3. The van der Waals surface area contributed by atoms with Crippen molar-refractivity contribution >= 4 is 17.7 Å². The highest BCUT2D eigenvalue weighted by Crippen LogP contribution is 2.72. The molecule has 5 heteroatoms. The molecule has 0 heterocycles. The molecule has 0 radical (unpaired) electrons. The molecule has 6 atom stereocenters. The van der Waals surface area contributed by atoms with Gasteiger partial charge in [-0.2, -0.15) is 0 Å². The lowest BCUT2D eigenvalue weighted by molar-refractivity contribution is -0.202. The van der Waals surface area contributed by atoms with E-state index in [2.05, 4.69) is 20.8 Å². The summed E-state index contributed by atoms with van der Waals surface area (Å²) in [5.41, 5.74) is 1.18. The zero-order valence-electron chi connectivity index (χ0n) is 19.4. The van der Waals surface area contributed by atoms with Crippen molar-refractivity contribution in [1.82, 2.24) is 0 Å². The van der Waals surface area contributed by atoms with Gasteiger partial charge in [0.25, 0.3) is 0 Å². The topological polar surface area (TPSA) is 69.7 Å². The van der Waals surface area contributed by atoms with Crippen LogP contribution in [0.4, 0.5) is 0 Å². The first-order chi connectivity index (χ1) is 13.9. The predicted molar refractivity (Wildman–Crippen MR) is 114 cm³/mol. The lowest BCUT2D eigenvalue weighted by Gasteiger charge is -2.65. The zero-order chi connectivity index (χ0) is 22.6. The summed E-state index contributed by atoms with van der Waals surface area (Å²) in [4.78, 5) is 38.4. The first kappa shape index (κ1) is 22.5. The molecule has 0 aromatic rings. The normalized spacial score (nSPS) is 37.5. The Labute approximate surface area is 179 Å². The van der Waals surface area contributed by atoms with Crippen molar-refractivity contribution in [2.45, 2.75) is 74.0 Å². The maximum atomic E-state index is 13.1. The van der Waals surface area contributed by atoms with Gasteiger partial charge in [-0.3, -0.25) is 4.79 Å². The maximum absolute atomic E-state index is 13.1. The molecule has 3 fully saturated rings. The largest absolute Gasteiger partial charge is 0.458 e.